The molecule has 0 rings (SSSR count). The highest BCUT2D eigenvalue weighted by Gasteiger charge is 2.19. The summed E-state index contributed by atoms with van der Waals surface area (Å²) in [4.78, 5) is 37.9. The third-order valence-corrected chi connectivity index (χ3v) is 11.5. The number of ether oxygens (including phenoxy) is 3. The molecule has 0 N–H and O–H groups in total. The minimum absolute atomic E-state index is 0.0644. The van der Waals surface area contributed by atoms with Crippen molar-refractivity contribution >= 4 is 17.9 Å². The minimum Gasteiger partial charge on any atom is -0.462 e. The average Bonchev–Trinajstić information content (AvgIpc) is 3.18. The van der Waals surface area contributed by atoms with Gasteiger partial charge in [0.05, 0.1) is 0 Å². The average molecular weight is 807 g/mol. The lowest BCUT2D eigenvalue weighted by molar-refractivity contribution is -0.167. The Bertz CT molecular complexity index is 870. The van der Waals surface area contributed by atoms with E-state index in [1.807, 2.05) is 0 Å². The second kappa shape index (κ2) is 44.0. The molecule has 0 fully saturated rings. The van der Waals surface area contributed by atoms with E-state index in [1.54, 1.807) is 0 Å². The van der Waals surface area contributed by atoms with E-state index >= 15 is 0 Å². The van der Waals surface area contributed by atoms with Crippen molar-refractivity contribution in [2.24, 2.45) is 11.8 Å². The van der Waals surface area contributed by atoms with Crippen LogP contribution in [0, 0.1) is 11.8 Å². The van der Waals surface area contributed by atoms with Crippen LogP contribution in [0.15, 0.2) is 0 Å². The lowest BCUT2D eigenvalue weighted by Crippen LogP contribution is -2.30. The van der Waals surface area contributed by atoms with Gasteiger partial charge in [0.25, 0.3) is 0 Å². The molecule has 0 aromatic rings. The summed E-state index contributed by atoms with van der Waals surface area (Å²) in [6.07, 6.45) is 43.8. The van der Waals surface area contributed by atoms with Gasteiger partial charge in [-0.1, -0.05) is 240 Å². The largest absolute Gasteiger partial charge is 0.462 e. The van der Waals surface area contributed by atoms with Crippen LogP contribution in [0.25, 0.3) is 0 Å². The number of esters is 3. The van der Waals surface area contributed by atoms with Crippen LogP contribution in [-0.4, -0.2) is 37.2 Å². The van der Waals surface area contributed by atoms with Gasteiger partial charge < -0.3 is 14.2 Å². The summed E-state index contributed by atoms with van der Waals surface area (Å²) < 4.78 is 16.8. The summed E-state index contributed by atoms with van der Waals surface area (Å²) in [7, 11) is 0. The normalized spacial score (nSPS) is 12.1. The van der Waals surface area contributed by atoms with Crippen molar-refractivity contribution in [1.82, 2.24) is 0 Å². The van der Waals surface area contributed by atoms with Crippen LogP contribution in [-0.2, 0) is 28.6 Å². The van der Waals surface area contributed by atoms with Crippen molar-refractivity contribution in [3.8, 4) is 0 Å². The van der Waals surface area contributed by atoms with Crippen molar-refractivity contribution in [2.75, 3.05) is 13.2 Å². The zero-order chi connectivity index (χ0) is 41.9. The van der Waals surface area contributed by atoms with Gasteiger partial charge in [-0.3, -0.25) is 14.4 Å². The van der Waals surface area contributed by atoms with Gasteiger partial charge in [-0.15, -0.1) is 0 Å². The van der Waals surface area contributed by atoms with Crippen molar-refractivity contribution in [1.29, 1.82) is 0 Å². The van der Waals surface area contributed by atoms with Gasteiger partial charge >= 0.3 is 17.9 Å². The predicted molar refractivity (Wildman–Crippen MR) is 243 cm³/mol. The zero-order valence-electron chi connectivity index (χ0n) is 39.0. The van der Waals surface area contributed by atoms with Crippen LogP contribution in [0.4, 0.5) is 0 Å². The van der Waals surface area contributed by atoms with Gasteiger partial charge in [0.2, 0.25) is 0 Å². The molecule has 0 aliphatic carbocycles. The number of carbonyl (C=O) groups is 3. The Morgan fingerprint density at radius 2 is 0.579 bits per heavy atom. The van der Waals surface area contributed by atoms with E-state index in [1.165, 1.54) is 167 Å². The number of hydrogen-bond donors (Lipinski definition) is 0. The molecule has 57 heavy (non-hydrogen) atoms. The standard InChI is InChI=1S/C51H98O6/c1-6-7-8-9-10-11-12-13-14-15-16-20-26-31-36-41-49(52)55-44-48(57-51(54)43-38-33-28-23-22-25-30-35-40-47(4)5)45-56-50(53)42-37-32-27-21-18-17-19-24-29-34-39-46(2)3/h46-48H,6-45H2,1-5H3/t48-/m1/s1. The van der Waals surface area contributed by atoms with Gasteiger partial charge in [0.1, 0.15) is 13.2 Å². The predicted octanol–water partition coefficient (Wildman–Crippen LogP) is 16.1. The molecule has 6 heteroatoms. The summed E-state index contributed by atoms with van der Waals surface area (Å²) in [6, 6.07) is 0. The molecule has 0 unspecified atom stereocenters. The molecule has 6 nitrogen and oxygen atoms in total. The van der Waals surface area contributed by atoms with Crippen LogP contribution >= 0.6 is 0 Å². The molecule has 0 bridgehead atoms. The van der Waals surface area contributed by atoms with Crippen LogP contribution < -0.4 is 0 Å². The number of unbranched alkanes of at least 4 members (excludes halogenated alkanes) is 30. The van der Waals surface area contributed by atoms with Crippen LogP contribution in [0.1, 0.15) is 279 Å². The first-order valence-electron chi connectivity index (χ1n) is 25.2. The second-order valence-electron chi connectivity index (χ2n) is 18.4. The quantitative estimate of drug-likeness (QED) is 0.0346. The van der Waals surface area contributed by atoms with E-state index in [0.29, 0.717) is 19.3 Å². The number of rotatable bonds is 45. The van der Waals surface area contributed by atoms with Gasteiger partial charge in [-0.2, -0.15) is 0 Å². The van der Waals surface area contributed by atoms with Crippen LogP contribution in [0.3, 0.4) is 0 Å². The Balaban J connectivity index is 4.30. The summed E-state index contributed by atoms with van der Waals surface area (Å²) in [5.74, 6) is 0.760. The van der Waals surface area contributed by atoms with Crippen LogP contribution in [0.2, 0.25) is 0 Å². The van der Waals surface area contributed by atoms with Gasteiger partial charge in [0, 0.05) is 19.3 Å². The first-order valence-corrected chi connectivity index (χ1v) is 25.2. The zero-order valence-corrected chi connectivity index (χ0v) is 39.0. The van der Waals surface area contributed by atoms with Crippen molar-refractivity contribution in [2.45, 2.75) is 285 Å². The first kappa shape index (κ1) is 55.4. The Hall–Kier alpha value is -1.59. The second-order valence-corrected chi connectivity index (χ2v) is 18.4. The van der Waals surface area contributed by atoms with E-state index in [4.69, 9.17) is 14.2 Å². The smallest absolute Gasteiger partial charge is 0.306 e. The molecule has 1 atom stereocenters. The monoisotopic (exact) mass is 807 g/mol. The summed E-state index contributed by atoms with van der Waals surface area (Å²) in [6.45, 7) is 11.3. The Labute approximate surface area is 355 Å². The first-order chi connectivity index (χ1) is 27.7. The summed E-state index contributed by atoms with van der Waals surface area (Å²) >= 11 is 0. The highest BCUT2D eigenvalue weighted by molar-refractivity contribution is 5.71. The Morgan fingerprint density at radius 3 is 0.860 bits per heavy atom. The Kier molecular flexibility index (Phi) is 42.7. The molecule has 0 saturated heterocycles. The fourth-order valence-electron chi connectivity index (χ4n) is 7.64. The lowest BCUT2D eigenvalue weighted by Gasteiger charge is -2.18. The highest BCUT2D eigenvalue weighted by atomic mass is 16.6. The summed E-state index contributed by atoms with van der Waals surface area (Å²) in [5.41, 5.74) is 0. The molecule has 0 heterocycles. The van der Waals surface area contributed by atoms with E-state index in [0.717, 1.165) is 69.6 Å². The van der Waals surface area contributed by atoms with E-state index in [9.17, 15) is 14.4 Å². The molecule has 0 aliphatic heterocycles. The van der Waals surface area contributed by atoms with E-state index in [-0.39, 0.29) is 31.1 Å². The topological polar surface area (TPSA) is 78.9 Å². The van der Waals surface area contributed by atoms with Crippen molar-refractivity contribution < 1.29 is 28.6 Å². The molecule has 0 saturated carbocycles. The number of hydrogen-bond acceptors (Lipinski definition) is 6. The van der Waals surface area contributed by atoms with Crippen molar-refractivity contribution in [3.05, 3.63) is 0 Å². The molecule has 338 valence electrons. The third-order valence-electron chi connectivity index (χ3n) is 11.5. The fraction of sp³-hybridized carbons (Fsp3) is 0.941. The molecular weight excluding hydrogens is 709 g/mol. The SMILES string of the molecule is CCCCCCCCCCCCCCCCCC(=O)OC[C@H](COC(=O)CCCCCCCCCCCCC(C)C)OC(=O)CCCCCCCCCCC(C)C. The maximum absolute atomic E-state index is 12.7. The van der Waals surface area contributed by atoms with Gasteiger partial charge in [-0.25, -0.2) is 0 Å². The molecule has 0 spiro atoms. The maximum Gasteiger partial charge on any atom is 0.306 e. The molecular formula is C51H98O6. The van der Waals surface area contributed by atoms with E-state index < -0.39 is 6.10 Å². The van der Waals surface area contributed by atoms with Gasteiger partial charge in [-0.05, 0) is 31.1 Å². The van der Waals surface area contributed by atoms with Gasteiger partial charge in [0.15, 0.2) is 6.10 Å². The minimum atomic E-state index is -0.761. The third kappa shape index (κ3) is 45.3. The lowest BCUT2D eigenvalue weighted by atomic mass is 10.0. The van der Waals surface area contributed by atoms with E-state index in [2.05, 4.69) is 34.6 Å². The van der Waals surface area contributed by atoms with Crippen molar-refractivity contribution in [3.63, 3.8) is 0 Å². The molecule has 0 amide bonds. The Morgan fingerprint density at radius 1 is 0.333 bits per heavy atom. The molecule has 0 radical (unpaired) electrons. The van der Waals surface area contributed by atoms with Crippen LogP contribution in [0.5, 0.6) is 0 Å². The molecule has 0 aliphatic rings. The molecule has 0 aromatic carbocycles. The molecule has 0 aromatic heterocycles. The highest BCUT2D eigenvalue weighted by Crippen LogP contribution is 2.17. The fourth-order valence-corrected chi connectivity index (χ4v) is 7.64. The number of carbonyl (C=O) groups excluding carboxylic acids is 3. The maximum atomic E-state index is 12.7. The summed E-state index contributed by atoms with van der Waals surface area (Å²) in [5, 5.41) is 0.